The van der Waals surface area contributed by atoms with Crippen LogP contribution in [0.1, 0.15) is 16.7 Å². The van der Waals surface area contributed by atoms with Gasteiger partial charge in [-0.3, -0.25) is 9.69 Å². The third-order valence-electron chi connectivity index (χ3n) is 5.05. The zero-order valence-electron chi connectivity index (χ0n) is 16.9. The van der Waals surface area contributed by atoms with E-state index in [1.807, 2.05) is 17.9 Å². The van der Waals surface area contributed by atoms with Crippen LogP contribution in [0.3, 0.4) is 0 Å². The maximum absolute atomic E-state index is 13.9. The maximum atomic E-state index is 13.9. The Morgan fingerprint density at radius 2 is 1.62 bits per heavy atom. The van der Waals surface area contributed by atoms with Gasteiger partial charge in [0.15, 0.2) is 0 Å². The van der Waals surface area contributed by atoms with Crippen LogP contribution in [0.25, 0.3) is 0 Å². The first-order valence-electron chi connectivity index (χ1n) is 9.52. The summed E-state index contributed by atoms with van der Waals surface area (Å²) >= 11 is 0. The van der Waals surface area contributed by atoms with Crippen molar-refractivity contribution < 1.29 is 17.6 Å². The number of hydrogen-bond acceptors (Lipinski definition) is 4. The smallest absolute Gasteiger partial charge is 0.243 e. The molecule has 0 unspecified atom stereocenters. The molecule has 2 aromatic carbocycles. The van der Waals surface area contributed by atoms with Crippen molar-refractivity contribution >= 4 is 21.6 Å². The monoisotopic (exact) mass is 419 g/mol. The number of nitrogens with zero attached hydrogens (tertiary/aromatic N) is 2. The van der Waals surface area contributed by atoms with Crippen LogP contribution in [0.15, 0.2) is 41.3 Å². The first kappa shape index (κ1) is 21.4. The van der Waals surface area contributed by atoms with Crippen molar-refractivity contribution in [3.63, 3.8) is 0 Å². The molecule has 8 heteroatoms. The van der Waals surface area contributed by atoms with E-state index in [4.69, 9.17) is 0 Å². The number of carbonyl (C=O) groups is 1. The SMILES string of the molecule is Cc1ccc(S(=O)(=O)N2CCN(CC(=O)Nc3ccc(C)cc3F)CC2)c(C)c1. The molecule has 1 amide bonds. The summed E-state index contributed by atoms with van der Waals surface area (Å²) in [4.78, 5) is 14.4. The number of carbonyl (C=O) groups excluding carboxylic acids is 1. The molecule has 3 rings (SSSR count). The molecule has 29 heavy (non-hydrogen) atoms. The Balaban J connectivity index is 1.58. The largest absolute Gasteiger partial charge is 0.322 e. The number of piperazine rings is 1. The lowest BCUT2D eigenvalue weighted by molar-refractivity contribution is -0.117. The molecule has 0 atom stereocenters. The van der Waals surface area contributed by atoms with Gasteiger partial charge in [-0.15, -0.1) is 0 Å². The fraction of sp³-hybridized carbons (Fsp3) is 0.381. The van der Waals surface area contributed by atoms with Crippen LogP contribution in [0.2, 0.25) is 0 Å². The zero-order chi connectivity index (χ0) is 21.2. The summed E-state index contributed by atoms with van der Waals surface area (Å²) < 4.78 is 41.2. The fourth-order valence-electron chi connectivity index (χ4n) is 3.47. The minimum Gasteiger partial charge on any atom is -0.322 e. The van der Waals surface area contributed by atoms with E-state index in [0.717, 1.165) is 16.7 Å². The molecule has 0 saturated carbocycles. The van der Waals surface area contributed by atoms with Gasteiger partial charge in [0, 0.05) is 26.2 Å². The molecule has 0 aliphatic carbocycles. The van der Waals surface area contributed by atoms with Crippen LogP contribution in [0.4, 0.5) is 10.1 Å². The predicted octanol–water partition coefficient (Wildman–Crippen LogP) is 2.70. The fourth-order valence-corrected chi connectivity index (χ4v) is 5.10. The molecule has 1 aliphatic rings. The summed E-state index contributed by atoms with van der Waals surface area (Å²) in [5, 5.41) is 2.58. The quantitative estimate of drug-likeness (QED) is 0.809. The van der Waals surface area contributed by atoms with Crippen molar-refractivity contribution in [1.82, 2.24) is 9.21 Å². The standard InChI is InChI=1S/C21H26FN3O3S/c1-15-5-7-20(17(3)12-15)29(27,28)25-10-8-24(9-11-25)14-21(26)23-19-6-4-16(2)13-18(19)22/h4-7,12-13H,8-11,14H2,1-3H3,(H,23,26). The minimum atomic E-state index is -3.56. The van der Waals surface area contributed by atoms with E-state index in [9.17, 15) is 17.6 Å². The van der Waals surface area contributed by atoms with Crippen molar-refractivity contribution in [2.75, 3.05) is 38.0 Å². The molecule has 0 aromatic heterocycles. The molecule has 0 spiro atoms. The van der Waals surface area contributed by atoms with Gasteiger partial charge in [-0.1, -0.05) is 23.8 Å². The summed E-state index contributed by atoms with van der Waals surface area (Å²) in [6.45, 7) is 7.08. The van der Waals surface area contributed by atoms with E-state index in [-0.39, 0.29) is 18.1 Å². The second kappa shape index (κ2) is 8.61. The second-order valence-electron chi connectivity index (χ2n) is 7.48. The van der Waals surface area contributed by atoms with Crippen LogP contribution in [-0.2, 0) is 14.8 Å². The van der Waals surface area contributed by atoms with Gasteiger partial charge in [-0.2, -0.15) is 4.31 Å². The van der Waals surface area contributed by atoms with Crippen LogP contribution in [0, 0.1) is 26.6 Å². The van der Waals surface area contributed by atoms with Gasteiger partial charge in [0.25, 0.3) is 0 Å². The summed E-state index contributed by atoms with van der Waals surface area (Å²) in [6, 6.07) is 9.94. The Labute approximate surface area is 171 Å². The molecule has 0 bridgehead atoms. The highest BCUT2D eigenvalue weighted by Gasteiger charge is 2.30. The van der Waals surface area contributed by atoms with Gasteiger partial charge < -0.3 is 5.32 Å². The summed E-state index contributed by atoms with van der Waals surface area (Å²) in [6.07, 6.45) is 0. The average molecular weight is 420 g/mol. The number of nitrogens with one attached hydrogen (secondary N) is 1. The first-order valence-corrected chi connectivity index (χ1v) is 11.0. The lowest BCUT2D eigenvalue weighted by atomic mass is 10.2. The summed E-state index contributed by atoms with van der Waals surface area (Å²) in [7, 11) is -3.56. The van der Waals surface area contributed by atoms with E-state index in [0.29, 0.717) is 31.1 Å². The lowest BCUT2D eigenvalue weighted by Crippen LogP contribution is -2.50. The van der Waals surface area contributed by atoms with E-state index in [1.165, 1.54) is 16.4 Å². The number of anilines is 1. The third-order valence-corrected chi connectivity index (χ3v) is 7.10. The Bertz CT molecular complexity index is 1020. The van der Waals surface area contributed by atoms with Crippen molar-refractivity contribution in [2.24, 2.45) is 0 Å². The van der Waals surface area contributed by atoms with Gasteiger partial charge in [-0.25, -0.2) is 12.8 Å². The zero-order valence-corrected chi connectivity index (χ0v) is 17.7. The number of sulfonamides is 1. The second-order valence-corrected chi connectivity index (χ2v) is 9.39. The molecule has 2 aromatic rings. The lowest BCUT2D eigenvalue weighted by Gasteiger charge is -2.33. The molecule has 6 nitrogen and oxygen atoms in total. The van der Waals surface area contributed by atoms with Crippen molar-refractivity contribution in [3.8, 4) is 0 Å². The van der Waals surface area contributed by atoms with Crippen LogP contribution in [0.5, 0.6) is 0 Å². The highest BCUT2D eigenvalue weighted by Crippen LogP contribution is 2.22. The molecule has 0 radical (unpaired) electrons. The molecule has 1 N–H and O–H groups in total. The van der Waals surface area contributed by atoms with E-state index in [1.54, 1.807) is 32.0 Å². The minimum absolute atomic E-state index is 0.0881. The molecule has 1 heterocycles. The molecule has 156 valence electrons. The third kappa shape index (κ3) is 5.01. The topological polar surface area (TPSA) is 69.7 Å². The Kier molecular flexibility index (Phi) is 6.36. The van der Waals surface area contributed by atoms with Gasteiger partial charge in [-0.05, 0) is 50.1 Å². The number of hydrogen-bond donors (Lipinski definition) is 1. The summed E-state index contributed by atoms with van der Waals surface area (Å²) in [5.41, 5.74) is 2.67. The summed E-state index contributed by atoms with van der Waals surface area (Å²) in [5.74, 6) is -0.791. The first-order chi connectivity index (χ1) is 13.7. The van der Waals surface area contributed by atoms with Crippen LogP contribution in [-0.4, -0.2) is 56.3 Å². The van der Waals surface area contributed by atoms with Crippen LogP contribution >= 0.6 is 0 Å². The number of amides is 1. The predicted molar refractivity (Wildman–Crippen MR) is 111 cm³/mol. The normalized spacial score (nSPS) is 16.0. The van der Waals surface area contributed by atoms with Crippen molar-refractivity contribution in [2.45, 2.75) is 25.7 Å². The highest BCUT2D eigenvalue weighted by atomic mass is 32.2. The molecular formula is C21H26FN3O3S. The Morgan fingerprint density at radius 1 is 1.00 bits per heavy atom. The van der Waals surface area contributed by atoms with Gasteiger partial charge >= 0.3 is 0 Å². The van der Waals surface area contributed by atoms with E-state index >= 15 is 0 Å². The number of halogens is 1. The van der Waals surface area contributed by atoms with Crippen LogP contribution < -0.4 is 5.32 Å². The maximum Gasteiger partial charge on any atom is 0.243 e. The molecule has 1 saturated heterocycles. The van der Waals surface area contributed by atoms with E-state index in [2.05, 4.69) is 5.32 Å². The molecule has 1 fully saturated rings. The van der Waals surface area contributed by atoms with Crippen molar-refractivity contribution in [1.29, 1.82) is 0 Å². The van der Waals surface area contributed by atoms with Crippen molar-refractivity contribution in [3.05, 3.63) is 58.9 Å². The number of rotatable bonds is 5. The number of benzene rings is 2. The van der Waals surface area contributed by atoms with Gasteiger partial charge in [0.2, 0.25) is 15.9 Å². The highest BCUT2D eigenvalue weighted by molar-refractivity contribution is 7.89. The Morgan fingerprint density at radius 3 is 2.24 bits per heavy atom. The number of aryl methyl sites for hydroxylation is 3. The van der Waals surface area contributed by atoms with Gasteiger partial charge in [0.1, 0.15) is 5.82 Å². The average Bonchev–Trinajstić information content (AvgIpc) is 2.64. The molecule has 1 aliphatic heterocycles. The van der Waals surface area contributed by atoms with Gasteiger partial charge in [0.05, 0.1) is 17.1 Å². The molecular weight excluding hydrogens is 393 g/mol. The Hall–Kier alpha value is -2.29. The van der Waals surface area contributed by atoms with E-state index < -0.39 is 15.8 Å².